The number of amides is 3. The van der Waals surface area contributed by atoms with Gasteiger partial charge in [-0.3, -0.25) is 14.4 Å². The Bertz CT molecular complexity index is 643. The number of hydrogen-bond donors (Lipinski definition) is 2. The zero-order chi connectivity index (χ0) is 19.6. The summed E-state index contributed by atoms with van der Waals surface area (Å²) in [5, 5.41) is 5.77. The van der Waals surface area contributed by atoms with E-state index in [0.29, 0.717) is 37.2 Å². The maximum absolute atomic E-state index is 12.8. The SMILES string of the molecule is CCCCNC(=O)[C@@H]1CCCN1C(=O)c1ccc(NC(=O)CCCC)cc1. The van der Waals surface area contributed by atoms with Crippen LogP contribution >= 0.6 is 0 Å². The van der Waals surface area contributed by atoms with Gasteiger partial charge in [-0.25, -0.2) is 0 Å². The number of unbranched alkanes of at least 4 members (excludes halogenated alkanes) is 2. The van der Waals surface area contributed by atoms with Crippen LogP contribution in [0.3, 0.4) is 0 Å². The summed E-state index contributed by atoms with van der Waals surface area (Å²) in [4.78, 5) is 38.7. The van der Waals surface area contributed by atoms with Crippen molar-refractivity contribution >= 4 is 23.4 Å². The van der Waals surface area contributed by atoms with Crippen molar-refractivity contribution in [1.82, 2.24) is 10.2 Å². The van der Waals surface area contributed by atoms with Crippen LogP contribution in [0.25, 0.3) is 0 Å². The van der Waals surface area contributed by atoms with Crippen LogP contribution in [-0.2, 0) is 9.59 Å². The molecule has 1 aliphatic heterocycles. The predicted octanol–water partition coefficient (Wildman–Crippen LogP) is 3.34. The Hall–Kier alpha value is -2.37. The first kappa shape index (κ1) is 20.9. The fraction of sp³-hybridized carbons (Fsp3) is 0.571. The smallest absolute Gasteiger partial charge is 0.254 e. The monoisotopic (exact) mass is 373 g/mol. The maximum atomic E-state index is 12.8. The number of nitrogens with zero attached hydrogens (tertiary/aromatic N) is 1. The molecule has 148 valence electrons. The molecule has 1 heterocycles. The number of benzene rings is 1. The van der Waals surface area contributed by atoms with Crippen molar-refractivity contribution < 1.29 is 14.4 Å². The van der Waals surface area contributed by atoms with Crippen molar-refractivity contribution in [3.63, 3.8) is 0 Å². The second-order valence-electron chi connectivity index (χ2n) is 7.03. The van der Waals surface area contributed by atoms with Gasteiger partial charge >= 0.3 is 0 Å². The van der Waals surface area contributed by atoms with Crippen LogP contribution in [0.15, 0.2) is 24.3 Å². The van der Waals surface area contributed by atoms with Crippen LogP contribution in [-0.4, -0.2) is 41.8 Å². The van der Waals surface area contributed by atoms with Crippen LogP contribution in [0, 0.1) is 0 Å². The lowest BCUT2D eigenvalue weighted by Crippen LogP contribution is -2.46. The van der Waals surface area contributed by atoms with Gasteiger partial charge in [0.05, 0.1) is 0 Å². The number of rotatable bonds is 9. The lowest BCUT2D eigenvalue weighted by atomic mass is 10.1. The highest BCUT2D eigenvalue weighted by atomic mass is 16.2. The topological polar surface area (TPSA) is 78.5 Å². The summed E-state index contributed by atoms with van der Waals surface area (Å²) in [6.45, 7) is 5.37. The highest BCUT2D eigenvalue weighted by molar-refractivity contribution is 5.98. The standard InChI is InChI=1S/C21H31N3O3/c1-3-5-9-19(25)23-17-12-10-16(11-13-17)21(27)24-15-7-8-18(24)20(26)22-14-6-4-2/h10-13,18H,3-9,14-15H2,1-2H3,(H,22,26)(H,23,25)/t18-/m0/s1. The fourth-order valence-electron chi connectivity index (χ4n) is 3.21. The quantitative estimate of drug-likeness (QED) is 0.652. The van der Waals surface area contributed by atoms with Crippen molar-refractivity contribution in [3.05, 3.63) is 29.8 Å². The van der Waals surface area contributed by atoms with Crippen LogP contribution in [0.2, 0.25) is 0 Å². The number of likely N-dealkylation sites (tertiary alicyclic amines) is 1. The van der Waals surface area contributed by atoms with E-state index in [9.17, 15) is 14.4 Å². The first-order valence-electron chi connectivity index (χ1n) is 10.1. The number of hydrogen-bond acceptors (Lipinski definition) is 3. The molecule has 27 heavy (non-hydrogen) atoms. The molecule has 0 saturated carbocycles. The van der Waals surface area contributed by atoms with Crippen LogP contribution in [0.4, 0.5) is 5.69 Å². The van der Waals surface area contributed by atoms with Gasteiger partial charge in [-0.15, -0.1) is 0 Å². The lowest BCUT2D eigenvalue weighted by Gasteiger charge is -2.24. The third-order valence-electron chi connectivity index (χ3n) is 4.82. The molecule has 1 aromatic carbocycles. The first-order valence-corrected chi connectivity index (χ1v) is 10.1. The summed E-state index contributed by atoms with van der Waals surface area (Å²) < 4.78 is 0. The molecular formula is C21H31N3O3. The molecule has 1 fully saturated rings. The number of carbonyl (C=O) groups excluding carboxylic acids is 3. The van der Waals surface area contributed by atoms with Gasteiger partial charge in [-0.05, 0) is 49.9 Å². The summed E-state index contributed by atoms with van der Waals surface area (Å²) in [6.07, 6.45) is 5.84. The van der Waals surface area contributed by atoms with Crippen molar-refractivity contribution in [1.29, 1.82) is 0 Å². The predicted molar refractivity (Wildman–Crippen MR) is 107 cm³/mol. The Morgan fingerprint density at radius 2 is 1.78 bits per heavy atom. The third kappa shape index (κ3) is 6.08. The van der Waals surface area contributed by atoms with E-state index in [1.807, 2.05) is 6.92 Å². The molecule has 1 atom stereocenters. The van der Waals surface area contributed by atoms with Crippen LogP contribution in [0.1, 0.15) is 69.2 Å². The summed E-state index contributed by atoms with van der Waals surface area (Å²) in [7, 11) is 0. The summed E-state index contributed by atoms with van der Waals surface area (Å²) in [5.41, 5.74) is 1.22. The second kappa shape index (κ2) is 10.7. The van der Waals surface area contributed by atoms with Gasteiger partial charge in [-0.1, -0.05) is 26.7 Å². The zero-order valence-corrected chi connectivity index (χ0v) is 16.4. The summed E-state index contributed by atoms with van der Waals surface area (Å²) >= 11 is 0. The average molecular weight is 373 g/mol. The Labute approximate surface area is 161 Å². The first-order chi connectivity index (χ1) is 13.1. The molecule has 0 bridgehead atoms. The van der Waals surface area contributed by atoms with E-state index in [4.69, 9.17) is 0 Å². The molecule has 2 N–H and O–H groups in total. The van der Waals surface area contributed by atoms with Crippen LogP contribution < -0.4 is 10.6 Å². The van der Waals surface area contributed by atoms with E-state index < -0.39 is 0 Å². The molecule has 1 aliphatic rings. The Morgan fingerprint density at radius 3 is 2.44 bits per heavy atom. The van der Waals surface area contributed by atoms with Gasteiger partial charge in [0.15, 0.2) is 0 Å². The molecule has 0 spiro atoms. The Kier molecular flexibility index (Phi) is 8.30. The van der Waals surface area contributed by atoms with Crippen molar-refractivity contribution in [2.75, 3.05) is 18.4 Å². The van der Waals surface area contributed by atoms with E-state index in [1.54, 1.807) is 29.2 Å². The lowest BCUT2D eigenvalue weighted by molar-refractivity contribution is -0.124. The molecule has 0 aliphatic carbocycles. The van der Waals surface area contributed by atoms with E-state index in [2.05, 4.69) is 17.6 Å². The average Bonchev–Trinajstić information content (AvgIpc) is 3.16. The second-order valence-corrected chi connectivity index (χ2v) is 7.03. The minimum Gasteiger partial charge on any atom is -0.354 e. The number of anilines is 1. The van der Waals surface area contributed by atoms with Gasteiger partial charge < -0.3 is 15.5 Å². The van der Waals surface area contributed by atoms with E-state index in [-0.39, 0.29) is 23.8 Å². The van der Waals surface area contributed by atoms with E-state index in [1.165, 1.54) is 0 Å². The highest BCUT2D eigenvalue weighted by Gasteiger charge is 2.34. The molecule has 0 unspecified atom stereocenters. The van der Waals surface area contributed by atoms with Gasteiger partial charge in [0.2, 0.25) is 11.8 Å². The maximum Gasteiger partial charge on any atom is 0.254 e. The molecule has 6 nitrogen and oxygen atoms in total. The largest absolute Gasteiger partial charge is 0.354 e. The van der Waals surface area contributed by atoms with Crippen molar-refractivity contribution in [2.45, 2.75) is 64.8 Å². The molecular weight excluding hydrogens is 342 g/mol. The molecule has 1 aromatic rings. The zero-order valence-electron chi connectivity index (χ0n) is 16.4. The van der Waals surface area contributed by atoms with Gasteiger partial charge in [-0.2, -0.15) is 0 Å². The molecule has 0 aromatic heterocycles. The van der Waals surface area contributed by atoms with Crippen molar-refractivity contribution in [2.24, 2.45) is 0 Å². The van der Waals surface area contributed by atoms with Crippen LogP contribution in [0.5, 0.6) is 0 Å². The Balaban J connectivity index is 1.95. The van der Waals surface area contributed by atoms with Gasteiger partial charge in [0.1, 0.15) is 6.04 Å². The van der Waals surface area contributed by atoms with Gasteiger partial charge in [0, 0.05) is 30.8 Å². The third-order valence-corrected chi connectivity index (χ3v) is 4.82. The number of nitrogens with one attached hydrogen (secondary N) is 2. The highest BCUT2D eigenvalue weighted by Crippen LogP contribution is 2.21. The molecule has 0 radical (unpaired) electrons. The number of carbonyl (C=O) groups is 3. The van der Waals surface area contributed by atoms with E-state index in [0.717, 1.165) is 32.1 Å². The fourth-order valence-corrected chi connectivity index (χ4v) is 3.21. The summed E-state index contributed by atoms with van der Waals surface area (Å²) in [6, 6.07) is 6.51. The van der Waals surface area contributed by atoms with Gasteiger partial charge in [0.25, 0.3) is 5.91 Å². The van der Waals surface area contributed by atoms with E-state index >= 15 is 0 Å². The summed E-state index contributed by atoms with van der Waals surface area (Å²) in [5.74, 6) is -0.208. The normalized spacial score (nSPS) is 16.2. The Morgan fingerprint density at radius 1 is 1.07 bits per heavy atom. The molecule has 6 heteroatoms. The minimum atomic E-state index is -0.386. The molecule has 1 saturated heterocycles. The van der Waals surface area contributed by atoms with Crippen molar-refractivity contribution in [3.8, 4) is 0 Å². The molecule has 3 amide bonds. The molecule has 2 rings (SSSR count). The minimum absolute atomic E-state index is 0.0146.